The largest absolute Gasteiger partial charge is 0.393 e. The number of nitrogens with zero attached hydrogens (tertiary/aromatic N) is 3. The van der Waals surface area contributed by atoms with Gasteiger partial charge < -0.3 is 5.73 Å². The fourth-order valence-corrected chi connectivity index (χ4v) is 1.87. The minimum atomic E-state index is -0.469. The van der Waals surface area contributed by atoms with Crippen LogP contribution in [0.15, 0.2) is 40.2 Å². The van der Waals surface area contributed by atoms with E-state index in [0.29, 0.717) is 12.2 Å². The van der Waals surface area contributed by atoms with E-state index >= 15 is 0 Å². The number of nitrogens with two attached hydrogens (primary N) is 1. The summed E-state index contributed by atoms with van der Waals surface area (Å²) in [5, 5.41) is 0. The predicted octanol–water partition coefficient (Wildman–Crippen LogP) is 0.445. The average Bonchev–Trinajstić information content (AvgIpc) is 2.42. The maximum Gasteiger partial charge on any atom is 0.331 e. The van der Waals surface area contributed by atoms with Crippen molar-refractivity contribution in [2.75, 3.05) is 5.73 Å². The Labute approximate surface area is 110 Å². The second-order valence-electron chi connectivity index (χ2n) is 4.27. The van der Waals surface area contributed by atoms with Gasteiger partial charge in [-0.2, -0.15) is 0 Å². The summed E-state index contributed by atoms with van der Waals surface area (Å²) in [4.78, 5) is 28.2. The van der Waals surface area contributed by atoms with Crippen LogP contribution in [0.1, 0.15) is 19.0 Å². The molecule has 0 spiro atoms. The van der Waals surface area contributed by atoms with Crippen molar-refractivity contribution in [1.82, 2.24) is 14.1 Å². The lowest BCUT2D eigenvalue weighted by Crippen LogP contribution is -2.41. The van der Waals surface area contributed by atoms with E-state index in [1.165, 1.54) is 10.8 Å². The molecule has 100 valence electrons. The summed E-state index contributed by atoms with van der Waals surface area (Å²) < 4.78 is 2.58. The summed E-state index contributed by atoms with van der Waals surface area (Å²) in [6, 6.07) is 5.35. The van der Waals surface area contributed by atoms with Crippen molar-refractivity contribution >= 4 is 5.69 Å². The number of rotatable bonds is 4. The fraction of sp³-hybridized carbons (Fsp3) is 0.308. The first-order chi connectivity index (χ1) is 9.13. The van der Waals surface area contributed by atoms with Gasteiger partial charge in [-0.3, -0.25) is 18.9 Å². The van der Waals surface area contributed by atoms with Gasteiger partial charge in [-0.25, -0.2) is 4.79 Å². The molecule has 2 heterocycles. The van der Waals surface area contributed by atoms with Crippen molar-refractivity contribution in [2.24, 2.45) is 0 Å². The standard InChI is InChI=1S/C13H16N4O2/c1-2-7-16-9-11(14)12(18)17(13(16)19)8-10-5-3-4-6-15-10/h3-6,9H,2,7-8,14H2,1H3. The van der Waals surface area contributed by atoms with Gasteiger partial charge in [0.05, 0.1) is 12.2 Å². The van der Waals surface area contributed by atoms with Gasteiger partial charge in [0.25, 0.3) is 5.56 Å². The van der Waals surface area contributed by atoms with E-state index in [0.717, 1.165) is 11.0 Å². The third kappa shape index (κ3) is 2.73. The lowest BCUT2D eigenvalue weighted by atomic mass is 10.3. The van der Waals surface area contributed by atoms with E-state index in [4.69, 9.17) is 5.73 Å². The second kappa shape index (κ2) is 5.51. The summed E-state index contributed by atoms with van der Waals surface area (Å²) in [6.45, 7) is 2.62. The van der Waals surface area contributed by atoms with Crippen LogP contribution in [0.2, 0.25) is 0 Å². The number of anilines is 1. The Hall–Kier alpha value is -2.37. The van der Waals surface area contributed by atoms with Crippen molar-refractivity contribution in [3.05, 3.63) is 57.1 Å². The van der Waals surface area contributed by atoms with Crippen LogP contribution in [0, 0.1) is 0 Å². The van der Waals surface area contributed by atoms with Gasteiger partial charge in [0, 0.05) is 18.9 Å². The molecule has 0 aliphatic carbocycles. The number of nitrogen functional groups attached to an aromatic ring is 1. The Morgan fingerprint density at radius 2 is 2.11 bits per heavy atom. The molecule has 6 nitrogen and oxygen atoms in total. The molecule has 0 atom stereocenters. The van der Waals surface area contributed by atoms with E-state index < -0.39 is 5.56 Å². The number of aromatic nitrogens is 3. The normalized spacial score (nSPS) is 10.6. The smallest absolute Gasteiger partial charge is 0.331 e. The molecule has 2 aromatic heterocycles. The molecular weight excluding hydrogens is 244 g/mol. The third-order valence-corrected chi connectivity index (χ3v) is 2.77. The molecule has 0 amide bonds. The first-order valence-corrected chi connectivity index (χ1v) is 6.13. The lowest BCUT2D eigenvalue weighted by molar-refractivity contribution is 0.570. The highest BCUT2D eigenvalue weighted by molar-refractivity contribution is 5.31. The maximum absolute atomic E-state index is 12.2. The number of hydrogen-bond donors (Lipinski definition) is 1. The SMILES string of the molecule is CCCn1cc(N)c(=O)n(Cc2ccccn2)c1=O. The Morgan fingerprint density at radius 1 is 1.32 bits per heavy atom. The molecule has 0 saturated carbocycles. The van der Waals surface area contributed by atoms with Gasteiger partial charge in [-0.1, -0.05) is 13.0 Å². The second-order valence-corrected chi connectivity index (χ2v) is 4.27. The van der Waals surface area contributed by atoms with Gasteiger partial charge in [-0.05, 0) is 18.6 Å². The highest BCUT2D eigenvalue weighted by Crippen LogP contribution is 1.97. The zero-order valence-electron chi connectivity index (χ0n) is 10.7. The van der Waals surface area contributed by atoms with Crippen LogP contribution in [0.5, 0.6) is 0 Å². The van der Waals surface area contributed by atoms with Crippen LogP contribution in [0.4, 0.5) is 5.69 Å². The van der Waals surface area contributed by atoms with E-state index in [2.05, 4.69) is 4.98 Å². The van der Waals surface area contributed by atoms with Crippen molar-refractivity contribution in [3.8, 4) is 0 Å². The minimum Gasteiger partial charge on any atom is -0.393 e. The molecule has 6 heteroatoms. The molecule has 0 saturated heterocycles. The Balaban J connectivity index is 2.50. The quantitative estimate of drug-likeness (QED) is 0.865. The highest BCUT2D eigenvalue weighted by Gasteiger charge is 2.09. The van der Waals surface area contributed by atoms with Crippen LogP contribution in [-0.4, -0.2) is 14.1 Å². The van der Waals surface area contributed by atoms with E-state index in [1.807, 2.05) is 13.0 Å². The Morgan fingerprint density at radius 3 is 2.74 bits per heavy atom. The van der Waals surface area contributed by atoms with Crippen molar-refractivity contribution in [2.45, 2.75) is 26.4 Å². The monoisotopic (exact) mass is 260 g/mol. The topological polar surface area (TPSA) is 82.9 Å². The maximum atomic E-state index is 12.2. The van der Waals surface area contributed by atoms with E-state index in [-0.39, 0.29) is 17.9 Å². The van der Waals surface area contributed by atoms with Gasteiger partial charge in [-0.15, -0.1) is 0 Å². The first kappa shape index (κ1) is 13.1. The van der Waals surface area contributed by atoms with Crippen LogP contribution in [-0.2, 0) is 13.1 Å². The van der Waals surface area contributed by atoms with Gasteiger partial charge in [0.15, 0.2) is 0 Å². The Bertz CT molecular complexity index is 673. The molecule has 0 unspecified atom stereocenters. The lowest BCUT2D eigenvalue weighted by Gasteiger charge is -2.10. The van der Waals surface area contributed by atoms with Crippen LogP contribution < -0.4 is 17.0 Å². The molecule has 2 rings (SSSR count). The summed E-state index contributed by atoms with van der Waals surface area (Å²) in [5.74, 6) is 0. The van der Waals surface area contributed by atoms with Crippen LogP contribution in [0.3, 0.4) is 0 Å². The Kier molecular flexibility index (Phi) is 3.79. The zero-order chi connectivity index (χ0) is 13.8. The molecule has 2 N–H and O–H groups in total. The van der Waals surface area contributed by atoms with Crippen molar-refractivity contribution in [3.63, 3.8) is 0 Å². The minimum absolute atomic E-state index is 0.0731. The molecular formula is C13H16N4O2. The molecule has 0 aliphatic rings. The zero-order valence-corrected chi connectivity index (χ0v) is 10.7. The summed E-state index contributed by atoms with van der Waals surface area (Å²) in [6.07, 6.45) is 3.82. The number of aryl methyl sites for hydroxylation is 1. The fourth-order valence-electron chi connectivity index (χ4n) is 1.87. The molecule has 0 aromatic carbocycles. The van der Waals surface area contributed by atoms with Crippen molar-refractivity contribution < 1.29 is 0 Å². The molecule has 0 aliphatic heterocycles. The van der Waals surface area contributed by atoms with Gasteiger partial charge >= 0.3 is 5.69 Å². The molecule has 0 radical (unpaired) electrons. The van der Waals surface area contributed by atoms with Crippen LogP contribution >= 0.6 is 0 Å². The molecule has 0 bridgehead atoms. The summed E-state index contributed by atoms with van der Waals surface area (Å²) in [5.41, 5.74) is 5.56. The molecule has 0 fully saturated rings. The molecule has 19 heavy (non-hydrogen) atoms. The average molecular weight is 260 g/mol. The summed E-state index contributed by atoms with van der Waals surface area (Å²) >= 11 is 0. The van der Waals surface area contributed by atoms with Gasteiger partial charge in [0.2, 0.25) is 0 Å². The third-order valence-electron chi connectivity index (χ3n) is 2.77. The molecule has 2 aromatic rings. The van der Waals surface area contributed by atoms with Gasteiger partial charge in [0.1, 0.15) is 5.69 Å². The van der Waals surface area contributed by atoms with Crippen molar-refractivity contribution in [1.29, 1.82) is 0 Å². The van der Waals surface area contributed by atoms with E-state index in [9.17, 15) is 9.59 Å². The summed E-state index contributed by atoms with van der Waals surface area (Å²) in [7, 11) is 0. The van der Waals surface area contributed by atoms with Crippen LogP contribution in [0.25, 0.3) is 0 Å². The highest BCUT2D eigenvalue weighted by atomic mass is 16.2. The first-order valence-electron chi connectivity index (χ1n) is 6.13. The number of pyridine rings is 1. The number of hydrogen-bond acceptors (Lipinski definition) is 4. The predicted molar refractivity (Wildman–Crippen MR) is 73.0 cm³/mol. The van der Waals surface area contributed by atoms with E-state index in [1.54, 1.807) is 18.3 Å².